The number of amides is 2. The van der Waals surface area contributed by atoms with Crippen LogP contribution in [0.5, 0.6) is 0 Å². The third-order valence-electron chi connectivity index (χ3n) is 4.67. The number of aromatic nitrogens is 2. The van der Waals surface area contributed by atoms with Gasteiger partial charge in [-0.1, -0.05) is 41.6 Å². The first-order chi connectivity index (χ1) is 14.4. The minimum Gasteiger partial charge on any atom is -0.335 e. The minimum atomic E-state index is -0.344. The van der Waals surface area contributed by atoms with Gasteiger partial charge in [-0.2, -0.15) is 0 Å². The fourth-order valence-electron chi connectivity index (χ4n) is 3.28. The van der Waals surface area contributed by atoms with Crippen molar-refractivity contribution in [1.29, 1.82) is 0 Å². The number of benzene rings is 2. The van der Waals surface area contributed by atoms with E-state index in [1.54, 1.807) is 25.1 Å². The van der Waals surface area contributed by atoms with Crippen molar-refractivity contribution in [1.82, 2.24) is 10.1 Å². The van der Waals surface area contributed by atoms with Crippen molar-refractivity contribution >= 4 is 34.3 Å². The molecule has 2 N–H and O–H groups in total. The highest BCUT2D eigenvalue weighted by Gasteiger charge is 2.20. The van der Waals surface area contributed by atoms with Gasteiger partial charge in [-0.05, 0) is 37.6 Å². The van der Waals surface area contributed by atoms with Gasteiger partial charge in [-0.15, -0.1) is 0 Å². The van der Waals surface area contributed by atoms with Crippen LogP contribution in [0.25, 0.3) is 22.4 Å². The molecule has 150 valence electrons. The Balaban J connectivity index is 1.80. The van der Waals surface area contributed by atoms with E-state index in [0.717, 1.165) is 11.1 Å². The van der Waals surface area contributed by atoms with Crippen molar-refractivity contribution in [2.24, 2.45) is 0 Å². The summed E-state index contributed by atoms with van der Waals surface area (Å²) >= 11 is 0. The second kappa shape index (κ2) is 7.79. The molecule has 0 saturated heterocycles. The molecule has 0 spiro atoms. The molecule has 2 amide bonds. The van der Waals surface area contributed by atoms with E-state index >= 15 is 0 Å². The Morgan fingerprint density at radius 1 is 0.933 bits per heavy atom. The number of hydrogen-bond acceptors (Lipinski definition) is 5. The van der Waals surface area contributed by atoms with Crippen molar-refractivity contribution in [3.05, 3.63) is 71.4 Å². The van der Waals surface area contributed by atoms with Crippen LogP contribution in [-0.4, -0.2) is 22.0 Å². The summed E-state index contributed by atoms with van der Waals surface area (Å²) < 4.78 is 5.35. The quantitative estimate of drug-likeness (QED) is 0.517. The molecule has 0 atom stereocenters. The van der Waals surface area contributed by atoms with E-state index in [-0.39, 0.29) is 11.8 Å². The molecule has 0 aliphatic rings. The maximum absolute atomic E-state index is 13.3. The first-order valence-electron chi connectivity index (χ1n) is 9.44. The largest absolute Gasteiger partial charge is 0.335 e. The SMILES string of the molecule is CC(=O)Nc1ccc(C)cc1NC(=O)c1cc(-c2ccccc2)nc2onc(C)c12. The van der Waals surface area contributed by atoms with Crippen molar-refractivity contribution < 1.29 is 14.1 Å². The Labute approximate surface area is 173 Å². The Hall–Kier alpha value is -4.00. The molecule has 7 nitrogen and oxygen atoms in total. The third-order valence-corrected chi connectivity index (χ3v) is 4.67. The Kier molecular flexibility index (Phi) is 5.02. The van der Waals surface area contributed by atoms with Gasteiger partial charge in [-0.3, -0.25) is 9.59 Å². The highest BCUT2D eigenvalue weighted by molar-refractivity contribution is 6.14. The zero-order valence-corrected chi connectivity index (χ0v) is 16.8. The van der Waals surface area contributed by atoms with E-state index in [4.69, 9.17) is 4.52 Å². The van der Waals surface area contributed by atoms with Crippen LogP contribution in [0.2, 0.25) is 0 Å². The number of anilines is 2. The second-order valence-electron chi connectivity index (χ2n) is 7.05. The van der Waals surface area contributed by atoms with Crippen LogP contribution in [0.3, 0.4) is 0 Å². The highest BCUT2D eigenvalue weighted by atomic mass is 16.5. The van der Waals surface area contributed by atoms with Crippen LogP contribution in [0.15, 0.2) is 59.1 Å². The minimum absolute atomic E-state index is 0.220. The lowest BCUT2D eigenvalue weighted by molar-refractivity contribution is -0.114. The molecule has 0 unspecified atom stereocenters. The standard InChI is InChI=1S/C23H20N4O3/c1-13-9-10-18(24-15(3)28)20(11-13)25-22(29)17-12-19(16-7-5-4-6-8-16)26-23-21(17)14(2)27-30-23/h4-12H,1-3H3,(H,24,28)(H,25,29). The van der Waals surface area contributed by atoms with E-state index in [1.807, 2.05) is 43.3 Å². The zero-order valence-electron chi connectivity index (χ0n) is 16.8. The molecular formula is C23H20N4O3. The molecular weight excluding hydrogens is 380 g/mol. The van der Waals surface area contributed by atoms with Crippen LogP contribution in [0, 0.1) is 13.8 Å². The second-order valence-corrected chi connectivity index (χ2v) is 7.05. The average molecular weight is 400 g/mol. The van der Waals surface area contributed by atoms with Gasteiger partial charge in [0, 0.05) is 12.5 Å². The number of pyridine rings is 1. The molecule has 4 aromatic rings. The molecule has 0 aliphatic heterocycles. The molecule has 4 rings (SSSR count). The van der Waals surface area contributed by atoms with Crippen molar-refractivity contribution in [2.45, 2.75) is 20.8 Å². The summed E-state index contributed by atoms with van der Waals surface area (Å²) in [5.41, 5.74) is 4.72. The van der Waals surface area contributed by atoms with Crippen molar-refractivity contribution in [2.75, 3.05) is 10.6 Å². The summed E-state index contributed by atoms with van der Waals surface area (Å²) in [6.45, 7) is 5.10. The molecule has 2 aromatic heterocycles. The Morgan fingerprint density at radius 3 is 2.43 bits per heavy atom. The van der Waals surface area contributed by atoms with Gasteiger partial charge < -0.3 is 15.2 Å². The average Bonchev–Trinajstić information content (AvgIpc) is 3.10. The van der Waals surface area contributed by atoms with Gasteiger partial charge >= 0.3 is 0 Å². The van der Waals surface area contributed by atoms with Crippen LogP contribution < -0.4 is 10.6 Å². The predicted molar refractivity (Wildman–Crippen MR) is 115 cm³/mol. The molecule has 0 bridgehead atoms. The fraction of sp³-hybridized carbons (Fsp3) is 0.130. The molecule has 2 aromatic carbocycles. The number of hydrogen-bond donors (Lipinski definition) is 2. The summed E-state index contributed by atoms with van der Waals surface area (Å²) in [6, 6.07) is 16.7. The van der Waals surface area contributed by atoms with Crippen molar-refractivity contribution in [3.63, 3.8) is 0 Å². The van der Waals surface area contributed by atoms with Crippen LogP contribution >= 0.6 is 0 Å². The smallest absolute Gasteiger partial charge is 0.259 e. The highest BCUT2D eigenvalue weighted by Crippen LogP contribution is 2.29. The molecule has 0 saturated carbocycles. The number of nitrogens with zero attached hydrogens (tertiary/aromatic N) is 2. The number of carbonyl (C=O) groups is 2. The molecule has 0 radical (unpaired) electrons. The number of aryl methyl sites for hydroxylation is 2. The number of rotatable bonds is 4. The van der Waals surface area contributed by atoms with Gasteiger partial charge in [0.05, 0.1) is 33.7 Å². The predicted octanol–water partition coefficient (Wildman–Crippen LogP) is 4.72. The topological polar surface area (TPSA) is 97.1 Å². The summed E-state index contributed by atoms with van der Waals surface area (Å²) in [6.07, 6.45) is 0. The summed E-state index contributed by atoms with van der Waals surface area (Å²) in [5, 5.41) is 10.2. The van der Waals surface area contributed by atoms with Crippen LogP contribution in [0.1, 0.15) is 28.5 Å². The Bertz CT molecular complexity index is 1260. The van der Waals surface area contributed by atoms with E-state index in [1.165, 1.54) is 6.92 Å². The zero-order chi connectivity index (χ0) is 21.3. The monoisotopic (exact) mass is 400 g/mol. The Morgan fingerprint density at radius 2 is 1.70 bits per heavy atom. The lowest BCUT2D eigenvalue weighted by Crippen LogP contribution is -2.16. The van der Waals surface area contributed by atoms with Gasteiger partial charge in [0.2, 0.25) is 5.91 Å². The fourth-order valence-corrected chi connectivity index (χ4v) is 3.28. The molecule has 30 heavy (non-hydrogen) atoms. The van der Waals surface area contributed by atoms with Crippen LogP contribution in [-0.2, 0) is 4.79 Å². The number of nitrogens with one attached hydrogen (secondary N) is 2. The van der Waals surface area contributed by atoms with E-state index in [0.29, 0.717) is 39.4 Å². The first kappa shape index (κ1) is 19.3. The number of carbonyl (C=O) groups excluding carboxylic acids is 2. The lowest BCUT2D eigenvalue weighted by atomic mass is 10.0. The van der Waals surface area contributed by atoms with E-state index in [9.17, 15) is 9.59 Å². The number of fused-ring (bicyclic) bond motifs is 1. The van der Waals surface area contributed by atoms with Gasteiger partial charge in [0.15, 0.2) is 0 Å². The van der Waals surface area contributed by atoms with Gasteiger partial charge in [0.1, 0.15) is 0 Å². The maximum atomic E-state index is 13.3. The van der Waals surface area contributed by atoms with Gasteiger partial charge in [0.25, 0.3) is 11.6 Å². The van der Waals surface area contributed by atoms with E-state index < -0.39 is 0 Å². The lowest BCUT2D eigenvalue weighted by Gasteiger charge is -2.13. The molecule has 0 aliphatic carbocycles. The summed E-state index contributed by atoms with van der Waals surface area (Å²) in [5.74, 6) is -0.565. The van der Waals surface area contributed by atoms with E-state index in [2.05, 4.69) is 20.8 Å². The van der Waals surface area contributed by atoms with Gasteiger partial charge in [-0.25, -0.2) is 4.98 Å². The van der Waals surface area contributed by atoms with Crippen LogP contribution in [0.4, 0.5) is 11.4 Å². The normalized spacial score (nSPS) is 10.8. The van der Waals surface area contributed by atoms with Crippen molar-refractivity contribution in [3.8, 4) is 11.3 Å². The third kappa shape index (κ3) is 3.77. The molecule has 2 heterocycles. The molecule has 0 fully saturated rings. The maximum Gasteiger partial charge on any atom is 0.259 e. The summed E-state index contributed by atoms with van der Waals surface area (Å²) in [7, 11) is 0. The first-order valence-corrected chi connectivity index (χ1v) is 9.44. The summed E-state index contributed by atoms with van der Waals surface area (Å²) in [4.78, 5) is 29.4. The molecule has 7 heteroatoms.